The third-order valence-electron chi connectivity index (χ3n) is 2.83. The Hall–Kier alpha value is -2.40. The molecule has 3 aromatic rings. The molecule has 0 bridgehead atoms. The van der Waals surface area contributed by atoms with Crippen LogP contribution in [-0.2, 0) is 0 Å². The molecule has 0 saturated heterocycles. The molecule has 0 aliphatic rings. The van der Waals surface area contributed by atoms with E-state index in [2.05, 4.69) is 27.0 Å². The fraction of sp³-hybridized carbons (Fsp3) is 0.0714. The second-order valence-electron chi connectivity index (χ2n) is 4.17. The molecule has 6 heteroatoms. The lowest BCUT2D eigenvalue weighted by molar-refractivity contribution is 0.895. The number of rotatable bonds is 4. The molecule has 2 aromatic heterocycles. The van der Waals surface area contributed by atoms with Crippen LogP contribution in [0.4, 0.5) is 5.82 Å². The fourth-order valence-electron chi connectivity index (χ4n) is 1.95. The Morgan fingerprint density at radius 1 is 1.35 bits per heavy atom. The van der Waals surface area contributed by atoms with Crippen molar-refractivity contribution in [2.45, 2.75) is 0 Å². The van der Waals surface area contributed by atoms with E-state index in [1.807, 2.05) is 24.3 Å². The Kier molecular flexibility index (Phi) is 3.35. The highest BCUT2D eigenvalue weighted by Crippen LogP contribution is 2.22. The van der Waals surface area contributed by atoms with Crippen LogP contribution in [0.5, 0.6) is 0 Å². The minimum Gasteiger partial charge on any atom is -0.366 e. The van der Waals surface area contributed by atoms with Crippen LogP contribution in [0, 0.1) is 0 Å². The number of hydrogen-bond donors (Lipinski definition) is 1. The summed E-state index contributed by atoms with van der Waals surface area (Å²) < 4.78 is 1.74. The lowest BCUT2D eigenvalue weighted by atomic mass is 10.3. The summed E-state index contributed by atoms with van der Waals surface area (Å²) in [7, 11) is 0. The predicted molar refractivity (Wildman–Crippen MR) is 80.4 cm³/mol. The monoisotopic (exact) mass is 285 g/mol. The number of hydrogen-bond acceptors (Lipinski definition) is 4. The van der Waals surface area contributed by atoms with Gasteiger partial charge >= 0.3 is 0 Å². The van der Waals surface area contributed by atoms with Crippen molar-refractivity contribution in [2.24, 2.45) is 0 Å². The van der Waals surface area contributed by atoms with Gasteiger partial charge < -0.3 is 5.32 Å². The van der Waals surface area contributed by atoms with Gasteiger partial charge in [-0.25, -0.2) is 14.6 Å². The number of fused-ring (bicyclic) bond motifs is 1. The van der Waals surface area contributed by atoms with Crippen LogP contribution in [0.2, 0.25) is 5.02 Å². The smallest absolute Gasteiger partial charge is 0.168 e. The van der Waals surface area contributed by atoms with Gasteiger partial charge in [0, 0.05) is 11.6 Å². The zero-order chi connectivity index (χ0) is 13.9. The molecule has 0 radical (unpaired) electrons. The molecule has 0 spiro atoms. The molecule has 5 nitrogen and oxygen atoms in total. The summed E-state index contributed by atoms with van der Waals surface area (Å²) in [5.41, 5.74) is 1.59. The Labute approximate surface area is 120 Å². The average molecular weight is 286 g/mol. The summed E-state index contributed by atoms with van der Waals surface area (Å²) in [6.45, 7) is 4.31. The molecule has 0 fully saturated rings. The second-order valence-corrected chi connectivity index (χ2v) is 4.60. The number of halogens is 1. The highest BCUT2D eigenvalue weighted by atomic mass is 35.5. The second kappa shape index (κ2) is 5.30. The van der Waals surface area contributed by atoms with Crippen LogP contribution in [0.3, 0.4) is 0 Å². The highest BCUT2D eigenvalue weighted by molar-refractivity contribution is 6.30. The lowest BCUT2D eigenvalue weighted by Gasteiger charge is -2.05. The Balaban J connectivity index is 2.12. The van der Waals surface area contributed by atoms with Gasteiger partial charge in [-0.15, -0.1) is 6.58 Å². The van der Waals surface area contributed by atoms with Crippen molar-refractivity contribution in [3.8, 4) is 5.69 Å². The molecule has 0 saturated carbocycles. The minimum absolute atomic E-state index is 0.633. The van der Waals surface area contributed by atoms with Crippen LogP contribution < -0.4 is 5.32 Å². The molecule has 100 valence electrons. The quantitative estimate of drug-likeness (QED) is 0.749. The summed E-state index contributed by atoms with van der Waals surface area (Å²) in [6, 6.07) is 7.47. The third kappa shape index (κ3) is 2.23. The zero-order valence-corrected chi connectivity index (χ0v) is 11.4. The van der Waals surface area contributed by atoms with Gasteiger partial charge in [0.05, 0.1) is 17.3 Å². The van der Waals surface area contributed by atoms with Crippen LogP contribution >= 0.6 is 11.6 Å². The minimum atomic E-state index is 0.633. The van der Waals surface area contributed by atoms with Crippen molar-refractivity contribution in [3.63, 3.8) is 0 Å². The Morgan fingerprint density at radius 2 is 2.25 bits per heavy atom. The first-order valence-electron chi connectivity index (χ1n) is 6.09. The first kappa shape index (κ1) is 12.6. The van der Waals surface area contributed by atoms with Gasteiger partial charge in [0.25, 0.3) is 0 Å². The van der Waals surface area contributed by atoms with Crippen molar-refractivity contribution >= 4 is 28.5 Å². The van der Waals surface area contributed by atoms with Gasteiger partial charge in [0.2, 0.25) is 0 Å². The van der Waals surface area contributed by atoms with Gasteiger partial charge in [0.15, 0.2) is 5.65 Å². The third-order valence-corrected chi connectivity index (χ3v) is 3.07. The maximum absolute atomic E-state index is 6.02. The lowest BCUT2D eigenvalue weighted by Crippen LogP contribution is -2.02. The maximum atomic E-state index is 6.02. The zero-order valence-electron chi connectivity index (χ0n) is 10.6. The normalized spacial score (nSPS) is 10.7. The summed E-state index contributed by atoms with van der Waals surface area (Å²) in [5, 5.41) is 9.04. The molecule has 1 aromatic carbocycles. The van der Waals surface area contributed by atoms with Crippen LogP contribution in [0.25, 0.3) is 16.7 Å². The molecule has 0 amide bonds. The first-order chi connectivity index (χ1) is 9.79. The van der Waals surface area contributed by atoms with E-state index >= 15 is 0 Å². The van der Waals surface area contributed by atoms with Crippen molar-refractivity contribution in [1.82, 2.24) is 19.7 Å². The van der Waals surface area contributed by atoms with Gasteiger partial charge in [-0.05, 0) is 18.2 Å². The van der Waals surface area contributed by atoms with Gasteiger partial charge in [-0.3, -0.25) is 0 Å². The number of aromatic nitrogens is 4. The Bertz CT molecular complexity index is 765. The van der Waals surface area contributed by atoms with Crippen molar-refractivity contribution < 1.29 is 0 Å². The van der Waals surface area contributed by atoms with E-state index in [4.69, 9.17) is 11.6 Å². The number of nitrogens with zero attached hydrogens (tertiary/aromatic N) is 4. The van der Waals surface area contributed by atoms with Crippen LogP contribution in [-0.4, -0.2) is 26.3 Å². The Morgan fingerprint density at radius 3 is 3.05 bits per heavy atom. The largest absolute Gasteiger partial charge is 0.366 e. The summed E-state index contributed by atoms with van der Waals surface area (Å²) >= 11 is 6.02. The maximum Gasteiger partial charge on any atom is 0.168 e. The summed E-state index contributed by atoms with van der Waals surface area (Å²) in [6.07, 6.45) is 5.02. The number of nitrogens with one attached hydrogen (secondary N) is 1. The fourth-order valence-corrected chi connectivity index (χ4v) is 2.14. The molecule has 0 atom stereocenters. The molecule has 0 unspecified atom stereocenters. The van der Waals surface area contributed by atoms with E-state index in [1.54, 1.807) is 17.0 Å². The van der Waals surface area contributed by atoms with Crippen LogP contribution in [0.15, 0.2) is 49.4 Å². The van der Waals surface area contributed by atoms with Gasteiger partial charge in [0.1, 0.15) is 12.1 Å². The van der Waals surface area contributed by atoms with Gasteiger partial charge in [-0.2, -0.15) is 5.10 Å². The van der Waals surface area contributed by atoms with E-state index in [1.165, 1.54) is 6.33 Å². The molecule has 20 heavy (non-hydrogen) atoms. The van der Waals surface area contributed by atoms with Crippen LogP contribution in [0.1, 0.15) is 0 Å². The van der Waals surface area contributed by atoms with Gasteiger partial charge in [-0.1, -0.05) is 23.7 Å². The van der Waals surface area contributed by atoms with Crippen molar-refractivity contribution in [3.05, 3.63) is 54.5 Å². The summed E-state index contributed by atoms with van der Waals surface area (Å²) in [4.78, 5) is 8.52. The van der Waals surface area contributed by atoms with E-state index < -0.39 is 0 Å². The first-order valence-corrected chi connectivity index (χ1v) is 6.47. The average Bonchev–Trinajstić information content (AvgIpc) is 2.89. The predicted octanol–water partition coefficient (Wildman–Crippen LogP) is 3.07. The molecule has 0 aliphatic heterocycles. The number of benzene rings is 1. The van der Waals surface area contributed by atoms with Crippen molar-refractivity contribution in [2.75, 3.05) is 11.9 Å². The van der Waals surface area contributed by atoms with E-state index in [0.717, 1.165) is 22.5 Å². The standard InChI is InChI=1S/C14H12ClN5/c1-2-6-16-13-12-8-19-20(14(12)18-9-17-13)11-5-3-4-10(15)7-11/h2-5,7-9H,1,6H2,(H,16,17,18). The molecule has 0 aliphatic carbocycles. The topological polar surface area (TPSA) is 55.6 Å². The van der Waals surface area contributed by atoms with E-state index in [9.17, 15) is 0 Å². The molecule has 1 N–H and O–H groups in total. The molecule has 3 rings (SSSR count). The van der Waals surface area contributed by atoms with E-state index in [-0.39, 0.29) is 0 Å². The highest BCUT2D eigenvalue weighted by Gasteiger charge is 2.10. The molecule has 2 heterocycles. The molecular formula is C14H12ClN5. The molecular weight excluding hydrogens is 274 g/mol. The SMILES string of the molecule is C=CCNc1ncnc2c1cnn2-c1cccc(Cl)c1. The summed E-state index contributed by atoms with van der Waals surface area (Å²) in [5.74, 6) is 0.739. The van der Waals surface area contributed by atoms with E-state index in [0.29, 0.717) is 11.6 Å². The van der Waals surface area contributed by atoms with Crippen molar-refractivity contribution in [1.29, 1.82) is 0 Å². The number of anilines is 1.